The number of azo groups is 1. The fourth-order valence-corrected chi connectivity index (χ4v) is 4.25. The predicted octanol–water partition coefficient (Wildman–Crippen LogP) is 3.88. The number of hydrogen-bond donors (Lipinski definition) is 2. The maximum Gasteiger partial charge on any atom is 0.295 e. The van der Waals surface area contributed by atoms with Gasteiger partial charge < -0.3 is 5.73 Å². The first-order valence-corrected chi connectivity index (χ1v) is 11.3. The molecule has 3 aromatic carbocycles. The molecule has 10 heteroatoms. The van der Waals surface area contributed by atoms with Crippen molar-refractivity contribution in [2.75, 3.05) is 11.5 Å². The molecule has 0 fully saturated rings. The third-order valence-electron chi connectivity index (χ3n) is 4.14. The van der Waals surface area contributed by atoms with Crippen LogP contribution in [0.2, 0.25) is 0 Å². The van der Waals surface area contributed by atoms with Gasteiger partial charge in [0.1, 0.15) is 10.6 Å². The normalized spacial score (nSPS) is 12.6. The molecule has 0 heterocycles. The Morgan fingerprint density at radius 2 is 1.57 bits per heavy atom. The van der Waals surface area contributed by atoms with Crippen molar-refractivity contribution in [3.63, 3.8) is 0 Å². The molecule has 0 aliphatic rings. The van der Waals surface area contributed by atoms with Crippen LogP contribution in [0.1, 0.15) is 6.92 Å². The van der Waals surface area contributed by atoms with E-state index in [-0.39, 0.29) is 32.3 Å². The van der Waals surface area contributed by atoms with E-state index in [1.54, 1.807) is 13.0 Å². The van der Waals surface area contributed by atoms with Crippen LogP contribution in [0.15, 0.2) is 74.6 Å². The van der Waals surface area contributed by atoms with Gasteiger partial charge in [0.15, 0.2) is 9.84 Å². The van der Waals surface area contributed by atoms with Crippen molar-refractivity contribution in [2.24, 2.45) is 10.2 Å². The Labute approximate surface area is 162 Å². The lowest BCUT2D eigenvalue weighted by Gasteiger charge is -2.08. The SMILES string of the molecule is CCS(=O)(=O)c1ccc(/N=N/c2c(N)ccc3c(S(=O)(=O)O)cccc23)cc1. The van der Waals surface area contributed by atoms with Gasteiger partial charge in [-0.05, 0) is 36.4 Å². The largest absolute Gasteiger partial charge is 0.397 e. The van der Waals surface area contributed by atoms with Crippen LogP contribution in [0.5, 0.6) is 0 Å². The monoisotopic (exact) mass is 419 g/mol. The molecule has 0 radical (unpaired) electrons. The Balaban J connectivity index is 2.06. The van der Waals surface area contributed by atoms with Crippen LogP contribution in [0, 0.1) is 0 Å². The molecule has 0 aliphatic carbocycles. The molecule has 0 bridgehead atoms. The zero-order valence-electron chi connectivity index (χ0n) is 14.8. The van der Waals surface area contributed by atoms with Crippen molar-refractivity contribution >= 4 is 47.8 Å². The zero-order valence-corrected chi connectivity index (χ0v) is 16.4. The second-order valence-corrected chi connectivity index (χ2v) is 9.60. The zero-order chi connectivity index (χ0) is 20.5. The lowest BCUT2D eigenvalue weighted by Crippen LogP contribution is -2.02. The number of nitrogens with zero attached hydrogens (tertiary/aromatic N) is 2. The van der Waals surface area contributed by atoms with E-state index in [9.17, 15) is 21.4 Å². The second-order valence-electron chi connectivity index (χ2n) is 5.93. The number of benzene rings is 3. The first-order chi connectivity index (χ1) is 13.1. The van der Waals surface area contributed by atoms with E-state index in [4.69, 9.17) is 5.73 Å². The van der Waals surface area contributed by atoms with Crippen molar-refractivity contribution in [2.45, 2.75) is 16.7 Å². The molecule has 0 saturated heterocycles. The highest BCUT2D eigenvalue weighted by atomic mass is 32.2. The molecule has 0 saturated carbocycles. The second kappa shape index (κ2) is 7.30. The summed E-state index contributed by atoms with van der Waals surface area (Å²) in [6, 6.07) is 13.2. The predicted molar refractivity (Wildman–Crippen MR) is 107 cm³/mol. The molecule has 3 rings (SSSR count). The van der Waals surface area contributed by atoms with Crippen LogP contribution in [0.3, 0.4) is 0 Å². The first kappa shape index (κ1) is 19.9. The lowest BCUT2D eigenvalue weighted by atomic mass is 10.1. The molecular weight excluding hydrogens is 402 g/mol. The average Bonchev–Trinajstić information content (AvgIpc) is 2.66. The quantitative estimate of drug-likeness (QED) is 0.365. The van der Waals surface area contributed by atoms with Crippen LogP contribution in [0.4, 0.5) is 17.1 Å². The fourth-order valence-electron chi connectivity index (χ4n) is 2.66. The molecule has 0 unspecified atom stereocenters. The Bertz CT molecular complexity index is 1280. The molecule has 3 N–H and O–H groups in total. The van der Waals surface area contributed by atoms with Gasteiger partial charge in [-0.15, -0.1) is 5.11 Å². The molecule has 146 valence electrons. The van der Waals surface area contributed by atoms with E-state index >= 15 is 0 Å². The third kappa shape index (κ3) is 3.88. The number of nitrogens with two attached hydrogens (primary N) is 1. The van der Waals surface area contributed by atoms with Gasteiger partial charge in [-0.3, -0.25) is 4.55 Å². The number of rotatable bonds is 5. The summed E-state index contributed by atoms with van der Waals surface area (Å²) in [7, 11) is -7.73. The summed E-state index contributed by atoms with van der Waals surface area (Å²) < 4.78 is 56.3. The van der Waals surface area contributed by atoms with Gasteiger partial charge >= 0.3 is 0 Å². The number of anilines is 1. The Hall–Kier alpha value is -2.82. The van der Waals surface area contributed by atoms with Crippen molar-refractivity contribution in [1.82, 2.24) is 0 Å². The van der Waals surface area contributed by atoms with Gasteiger partial charge in [0.05, 0.1) is 22.0 Å². The minimum Gasteiger partial charge on any atom is -0.397 e. The summed E-state index contributed by atoms with van der Waals surface area (Å²) in [5, 5.41) is 8.85. The maximum atomic E-state index is 11.9. The highest BCUT2D eigenvalue weighted by Gasteiger charge is 2.16. The molecular formula is C18H17N3O5S2. The van der Waals surface area contributed by atoms with E-state index in [2.05, 4.69) is 10.2 Å². The Kier molecular flexibility index (Phi) is 5.20. The molecule has 8 nitrogen and oxygen atoms in total. The van der Waals surface area contributed by atoms with Crippen molar-refractivity contribution in [3.05, 3.63) is 54.6 Å². The van der Waals surface area contributed by atoms with E-state index < -0.39 is 20.0 Å². The Morgan fingerprint density at radius 3 is 2.18 bits per heavy atom. The topological polar surface area (TPSA) is 139 Å². The van der Waals surface area contributed by atoms with E-state index in [0.717, 1.165) is 0 Å². The van der Waals surface area contributed by atoms with Crippen LogP contribution in [0.25, 0.3) is 10.8 Å². The number of fused-ring (bicyclic) bond motifs is 1. The lowest BCUT2D eigenvalue weighted by molar-refractivity contribution is 0.484. The van der Waals surface area contributed by atoms with E-state index in [0.29, 0.717) is 11.1 Å². The average molecular weight is 419 g/mol. The van der Waals surface area contributed by atoms with Gasteiger partial charge in [0.25, 0.3) is 10.1 Å². The highest BCUT2D eigenvalue weighted by Crippen LogP contribution is 2.36. The molecule has 0 aromatic heterocycles. The van der Waals surface area contributed by atoms with Crippen molar-refractivity contribution in [1.29, 1.82) is 0 Å². The minimum absolute atomic E-state index is 0.00347. The van der Waals surface area contributed by atoms with Crippen LogP contribution < -0.4 is 5.73 Å². The van der Waals surface area contributed by atoms with Crippen LogP contribution in [-0.2, 0) is 20.0 Å². The van der Waals surface area contributed by atoms with Crippen LogP contribution >= 0.6 is 0 Å². The number of hydrogen-bond acceptors (Lipinski definition) is 7. The summed E-state index contributed by atoms with van der Waals surface area (Å²) in [5.74, 6) is -0.00347. The minimum atomic E-state index is -4.42. The molecule has 0 atom stereocenters. The van der Waals surface area contributed by atoms with Gasteiger partial charge in [0.2, 0.25) is 0 Å². The molecule has 28 heavy (non-hydrogen) atoms. The van der Waals surface area contributed by atoms with Crippen molar-refractivity contribution in [3.8, 4) is 0 Å². The van der Waals surface area contributed by atoms with Gasteiger partial charge in [-0.25, -0.2) is 8.42 Å². The third-order valence-corrected chi connectivity index (χ3v) is 6.81. The smallest absolute Gasteiger partial charge is 0.295 e. The standard InChI is InChI=1S/C18H17N3O5S2/c1-2-27(22,23)13-8-6-12(7-9-13)20-21-18-15-4-3-5-17(28(24,25)26)14(15)10-11-16(18)19/h3-11H,2,19H2,1H3,(H,24,25,26)/b21-20+. The number of nitrogen functional groups attached to an aromatic ring is 1. The van der Waals surface area contributed by atoms with Gasteiger partial charge in [-0.1, -0.05) is 25.1 Å². The molecule has 0 amide bonds. The van der Waals surface area contributed by atoms with E-state index in [1.807, 2.05) is 0 Å². The summed E-state index contributed by atoms with van der Waals surface area (Å²) in [6.45, 7) is 1.56. The summed E-state index contributed by atoms with van der Waals surface area (Å²) in [6.07, 6.45) is 0. The maximum absolute atomic E-state index is 11.9. The fraction of sp³-hybridized carbons (Fsp3) is 0.111. The molecule has 3 aromatic rings. The first-order valence-electron chi connectivity index (χ1n) is 8.17. The number of sulfone groups is 1. The Morgan fingerprint density at radius 1 is 0.893 bits per heavy atom. The molecule has 0 aliphatic heterocycles. The molecule has 0 spiro atoms. The summed E-state index contributed by atoms with van der Waals surface area (Å²) in [5.41, 5.74) is 6.88. The highest BCUT2D eigenvalue weighted by molar-refractivity contribution is 7.91. The summed E-state index contributed by atoms with van der Waals surface area (Å²) >= 11 is 0. The van der Waals surface area contributed by atoms with Crippen molar-refractivity contribution < 1.29 is 21.4 Å². The van der Waals surface area contributed by atoms with E-state index in [1.165, 1.54) is 48.5 Å². The summed E-state index contributed by atoms with van der Waals surface area (Å²) in [4.78, 5) is -0.0630. The van der Waals surface area contributed by atoms with Crippen LogP contribution in [-0.4, -0.2) is 27.1 Å². The van der Waals surface area contributed by atoms with Gasteiger partial charge in [0, 0.05) is 10.8 Å². The van der Waals surface area contributed by atoms with Gasteiger partial charge in [-0.2, -0.15) is 13.5 Å².